The number of hydrogen-bond donors (Lipinski definition) is 0. The van der Waals surface area contributed by atoms with Crippen molar-refractivity contribution >= 4 is 0 Å². The van der Waals surface area contributed by atoms with Gasteiger partial charge in [0.2, 0.25) is 5.91 Å². The summed E-state index contributed by atoms with van der Waals surface area (Å²) in [6.45, 7) is 9.65. The lowest BCUT2D eigenvalue weighted by molar-refractivity contribution is -0.306. The second kappa shape index (κ2) is 5.69. The zero-order chi connectivity index (χ0) is 10.4. The van der Waals surface area contributed by atoms with Crippen LogP contribution >= 0.6 is 0 Å². The Hall–Kier alpha value is -0.120. The predicted molar refractivity (Wildman–Crippen MR) is 57.1 cm³/mol. The third-order valence-electron chi connectivity index (χ3n) is 2.75. The number of likely N-dealkylation sites (tertiary alicyclic amines) is 1. The third-order valence-corrected chi connectivity index (χ3v) is 2.75. The maximum absolute atomic E-state index is 5.71. The second-order valence-electron chi connectivity index (χ2n) is 3.81. The highest BCUT2D eigenvalue weighted by Crippen LogP contribution is 2.23. The van der Waals surface area contributed by atoms with Gasteiger partial charge in [-0.3, -0.25) is 4.90 Å². The van der Waals surface area contributed by atoms with Gasteiger partial charge in [0.25, 0.3) is 0 Å². The summed E-state index contributed by atoms with van der Waals surface area (Å²) >= 11 is 0. The lowest BCUT2D eigenvalue weighted by atomic mass is 10.1. The van der Waals surface area contributed by atoms with Crippen LogP contribution < -0.4 is 0 Å². The van der Waals surface area contributed by atoms with Crippen LogP contribution in [0.25, 0.3) is 0 Å². The molecule has 0 amide bonds. The van der Waals surface area contributed by atoms with E-state index in [1.165, 1.54) is 19.3 Å². The monoisotopic (exact) mass is 201 g/mol. The lowest BCUT2D eigenvalue weighted by Gasteiger charge is -2.41. The van der Waals surface area contributed by atoms with Gasteiger partial charge < -0.3 is 9.47 Å². The summed E-state index contributed by atoms with van der Waals surface area (Å²) in [6, 6.07) is 0. The minimum Gasteiger partial charge on any atom is -0.338 e. The smallest absolute Gasteiger partial charge is 0.226 e. The van der Waals surface area contributed by atoms with Crippen LogP contribution in [0.15, 0.2) is 0 Å². The average Bonchev–Trinajstić information content (AvgIpc) is 2.20. The van der Waals surface area contributed by atoms with E-state index in [1.54, 1.807) is 0 Å². The molecule has 0 aliphatic carbocycles. The van der Waals surface area contributed by atoms with Crippen molar-refractivity contribution in [3.05, 3.63) is 0 Å². The Morgan fingerprint density at radius 3 is 1.93 bits per heavy atom. The van der Waals surface area contributed by atoms with Gasteiger partial charge in [0.15, 0.2) is 0 Å². The molecule has 0 saturated carbocycles. The quantitative estimate of drug-likeness (QED) is 0.637. The van der Waals surface area contributed by atoms with Crippen LogP contribution in [0.2, 0.25) is 0 Å². The molecule has 3 nitrogen and oxygen atoms in total. The molecule has 1 fully saturated rings. The molecule has 0 aromatic carbocycles. The molecule has 0 unspecified atom stereocenters. The minimum absolute atomic E-state index is 0.496. The normalized spacial score (nSPS) is 19.9. The van der Waals surface area contributed by atoms with Crippen LogP contribution in [0, 0.1) is 0 Å². The Kier molecular flexibility index (Phi) is 4.85. The molecule has 0 aromatic rings. The first kappa shape index (κ1) is 12.0. The van der Waals surface area contributed by atoms with Crippen LogP contribution in [0.5, 0.6) is 0 Å². The van der Waals surface area contributed by atoms with Gasteiger partial charge in [-0.1, -0.05) is 6.42 Å². The Labute approximate surface area is 87.4 Å². The van der Waals surface area contributed by atoms with Crippen LogP contribution in [0.1, 0.15) is 40.0 Å². The van der Waals surface area contributed by atoms with Gasteiger partial charge in [-0.2, -0.15) is 0 Å². The Morgan fingerprint density at radius 2 is 1.50 bits per heavy atom. The van der Waals surface area contributed by atoms with E-state index in [0.717, 1.165) is 13.1 Å². The average molecular weight is 201 g/mol. The van der Waals surface area contributed by atoms with E-state index >= 15 is 0 Å². The number of piperidine rings is 1. The summed E-state index contributed by atoms with van der Waals surface area (Å²) in [5.74, 6) is -0.496. The van der Waals surface area contributed by atoms with Gasteiger partial charge in [-0.05, 0) is 26.7 Å². The highest BCUT2D eigenvalue weighted by molar-refractivity contribution is 4.72. The zero-order valence-corrected chi connectivity index (χ0v) is 9.71. The van der Waals surface area contributed by atoms with Crippen LogP contribution in [0.4, 0.5) is 0 Å². The summed E-state index contributed by atoms with van der Waals surface area (Å²) in [4.78, 5) is 2.31. The standard InChI is InChI=1S/C11H23NO2/c1-4-13-11(3,14-5-2)12-9-7-6-8-10-12/h4-10H2,1-3H3. The molecular formula is C11H23NO2. The number of nitrogens with zero attached hydrogens (tertiary/aromatic N) is 1. The number of hydrogen-bond acceptors (Lipinski definition) is 3. The molecule has 0 bridgehead atoms. The van der Waals surface area contributed by atoms with Crippen molar-refractivity contribution in [3.63, 3.8) is 0 Å². The topological polar surface area (TPSA) is 21.7 Å². The van der Waals surface area contributed by atoms with Crippen molar-refractivity contribution in [1.29, 1.82) is 0 Å². The van der Waals surface area contributed by atoms with Crippen molar-refractivity contribution in [3.8, 4) is 0 Å². The molecule has 14 heavy (non-hydrogen) atoms. The van der Waals surface area contributed by atoms with Crippen LogP contribution in [-0.2, 0) is 9.47 Å². The van der Waals surface area contributed by atoms with E-state index in [9.17, 15) is 0 Å². The second-order valence-corrected chi connectivity index (χ2v) is 3.81. The van der Waals surface area contributed by atoms with Gasteiger partial charge in [0.05, 0.1) is 0 Å². The first-order valence-electron chi connectivity index (χ1n) is 5.76. The Balaban J connectivity index is 2.54. The lowest BCUT2D eigenvalue weighted by Crippen LogP contribution is -2.52. The van der Waals surface area contributed by atoms with E-state index in [0.29, 0.717) is 13.2 Å². The van der Waals surface area contributed by atoms with Crippen molar-refractivity contribution in [2.45, 2.75) is 45.9 Å². The molecule has 0 spiro atoms. The van der Waals surface area contributed by atoms with E-state index in [1.807, 2.05) is 20.8 Å². The van der Waals surface area contributed by atoms with E-state index in [4.69, 9.17) is 9.47 Å². The zero-order valence-electron chi connectivity index (χ0n) is 9.71. The molecule has 0 N–H and O–H groups in total. The molecule has 1 rings (SSSR count). The fourth-order valence-electron chi connectivity index (χ4n) is 2.06. The fraction of sp³-hybridized carbons (Fsp3) is 1.00. The highest BCUT2D eigenvalue weighted by Gasteiger charge is 2.33. The van der Waals surface area contributed by atoms with E-state index in [2.05, 4.69) is 4.90 Å². The molecule has 0 aromatic heterocycles. The van der Waals surface area contributed by atoms with Gasteiger partial charge >= 0.3 is 0 Å². The van der Waals surface area contributed by atoms with Crippen molar-refractivity contribution < 1.29 is 9.47 Å². The van der Waals surface area contributed by atoms with Crippen LogP contribution in [-0.4, -0.2) is 37.1 Å². The van der Waals surface area contributed by atoms with Crippen molar-refractivity contribution in [2.75, 3.05) is 26.3 Å². The summed E-state index contributed by atoms with van der Waals surface area (Å²) in [5.41, 5.74) is 0. The first-order valence-corrected chi connectivity index (χ1v) is 5.76. The van der Waals surface area contributed by atoms with E-state index in [-0.39, 0.29) is 0 Å². The summed E-state index contributed by atoms with van der Waals surface area (Å²) in [5, 5.41) is 0. The number of ether oxygens (including phenoxy) is 2. The van der Waals surface area contributed by atoms with Gasteiger partial charge in [0.1, 0.15) is 0 Å². The summed E-state index contributed by atoms with van der Waals surface area (Å²) in [6.07, 6.45) is 3.86. The predicted octanol–water partition coefficient (Wildman–Crippen LogP) is 2.22. The molecule has 1 heterocycles. The molecule has 0 atom stereocenters. The number of rotatable bonds is 5. The van der Waals surface area contributed by atoms with Crippen molar-refractivity contribution in [1.82, 2.24) is 4.90 Å². The Morgan fingerprint density at radius 1 is 1.00 bits per heavy atom. The first-order chi connectivity index (χ1) is 6.73. The molecule has 1 aliphatic heterocycles. The maximum Gasteiger partial charge on any atom is 0.226 e. The maximum atomic E-state index is 5.71. The van der Waals surface area contributed by atoms with E-state index < -0.39 is 5.91 Å². The van der Waals surface area contributed by atoms with Crippen LogP contribution in [0.3, 0.4) is 0 Å². The molecule has 1 saturated heterocycles. The molecule has 84 valence electrons. The van der Waals surface area contributed by atoms with Crippen molar-refractivity contribution in [2.24, 2.45) is 0 Å². The largest absolute Gasteiger partial charge is 0.338 e. The van der Waals surface area contributed by atoms with Gasteiger partial charge in [-0.15, -0.1) is 0 Å². The third kappa shape index (κ3) is 2.94. The van der Waals surface area contributed by atoms with Gasteiger partial charge in [-0.25, -0.2) is 0 Å². The summed E-state index contributed by atoms with van der Waals surface area (Å²) < 4.78 is 11.4. The minimum atomic E-state index is -0.496. The Bertz CT molecular complexity index is 149. The highest BCUT2D eigenvalue weighted by atomic mass is 16.7. The molecular weight excluding hydrogens is 178 g/mol. The van der Waals surface area contributed by atoms with Gasteiger partial charge in [0, 0.05) is 33.2 Å². The SMILES string of the molecule is CCOC(C)(OCC)N1CCCCC1. The fourth-order valence-corrected chi connectivity index (χ4v) is 2.06. The molecule has 1 aliphatic rings. The molecule has 3 heteroatoms. The molecule has 0 radical (unpaired) electrons. The summed E-state index contributed by atoms with van der Waals surface area (Å²) in [7, 11) is 0.